The summed E-state index contributed by atoms with van der Waals surface area (Å²) in [4.78, 5) is 103. The van der Waals surface area contributed by atoms with Crippen molar-refractivity contribution >= 4 is 146 Å². The van der Waals surface area contributed by atoms with E-state index in [2.05, 4.69) is 76.8 Å². The minimum Gasteiger partial charge on any atom is -0.550 e. The summed E-state index contributed by atoms with van der Waals surface area (Å²) in [6.45, 7) is 9.59. The van der Waals surface area contributed by atoms with Crippen molar-refractivity contribution in [2.45, 2.75) is 88.9 Å². The summed E-state index contributed by atoms with van der Waals surface area (Å²) >= 11 is 0. The van der Waals surface area contributed by atoms with Crippen molar-refractivity contribution < 1.29 is 87.4 Å². The predicted molar refractivity (Wildman–Crippen MR) is 515 cm³/mol. The number of ether oxygens (including phenoxy) is 4. The molecule has 0 saturated carbocycles. The lowest BCUT2D eigenvalue weighted by Crippen LogP contribution is -2.86. The summed E-state index contributed by atoms with van der Waals surface area (Å²) < 4.78 is 52.7. The van der Waals surface area contributed by atoms with Crippen LogP contribution in [0.15, 0.2) is 212 Å². The maximum absolute atomic E-state index is 13.7. The Kier molecular flexibility index (Phi) is 29.9. The number of fused-ring (bicyclic) bond motifs is 6. The van der Waals surface area contributed by atoms with Gasteiger partial charge in [0.1, 0.15) is 100 Å². The molecule has 18 N–H and O–H groups in total. The van der Waals surface area contributed by atoms with E-state index in [1.165, 1.54) is 38.2 Å². The molecule has 0 atom stereocenters. The van der Waals surface area contributed by atoms with E-state index in [-0.39, 0.29) is 40.5 Å². The fourth-order valence-electron chi connectivity index (χ4n) is 17.0. The third-order valence-electron chi connectivity index (χ3n) is 23.3. The van der Waals surface area contributed by atoms with Gasteiger partial charge in [0.2, 0.25) is 0 Å². The van der Waals surface area contributed by atoms with Crippen molar-refractivity contribution in [1.82, 2.24) is 74.2 Å². The number of nitrogens with one attached hydrogen (secondary N) is 6. The number of carboxylic acid groups (broad SMARTS) is 3. The van der Waals surface area contributed by atoms with Gasteiger partial charge in [-0.25, -0.2) is 52.4 Å². The summed E-state index contributed by atoms with van der Waals surface area (Å²) in [5, 5.41) is 62.1. The molecule has 12 heterocycles. The van der Waals surface area contributed by atoms with Gasteiger partial charge in [0, 0.05) is 118 Å². The second kappa shape index (κ2) is 43.1. The Morgan fingerprint density at radius 2 is 0.797 bits per heavy atom. The number of piperidine rings is 3. The van der Waals surface area contributed by atoms with Gasteiger partial charge in [-0.2, -0.15) is 15.3 Å². The van der Waals surface area contributed by atoms with Crippen molar-refractivity contribution in [2.75, 3.05) is 100 Å². The van der Waals surface area contributed by atoms with E-state index in [4.69, 9.17) is 81.1 Å². The zero-order chi connectivity index (χ0) is 97.4. The molecule has 0 radical (unpaired) electrons. The van der Waals surface area contributed by atoms with Crippen LogP contribution >= 0.6 is 0 Å². The smallest absolute Gasteiger partial charge is 0.272 e. The molecule has 3 aliphatic heterocycles. The minimum absolute atomic E-state index is 0.186. The molecule has 3 aliphatic rings. The molecule has 17 aromatic rings. The number of aliphatic carboxylic acids is 3. The molecule has 3 fully saturated rings. The quantitative estimate of drug-likeness (QED) is 0.0363. The Hall–Kier alpha value is -16.7. The highest BCUT2D eigenvalue weighted by atomic mass is 32.2. The maximum atomic E-state index is 13.7. The number of nitrogens with two attached hydrogens (primary N) is 6. The van der Waals surface area contributed by atoms with E-state index in [1.54, 1.807) is 38.5 Å². The van der Waals surface area contributed by atoms with Gasteiger partial charge in [0.05, 0.1) is 117 Å². The third kappa shape index (κ3) is 22.2. The largest absolute Gasteiger partial charge is 0.550 e. The van der Waals surface area contributed by atoms with E-state index in [0.717, 1.165) is 182 Å². The molecule has 138 heavy (non-hydrogen) atoms. The number of carbonyl (C=O) groups excluding carboxylic acids is 6. The standard InChI is InChI=1S/C33H32N8O3.C32H30N8O2.C27H28N8O4S.3C2H4O2/c1-43-28-17-21(30-29-31(34)36-19-37-32(29)41(40-30)23-11-13-35-14-12-23)8-10-26(28)39-33(42)27-16-22-15-20(7-9-25(22)38-27)18-44-24-5-3-2-4-6-24;1-42-25-17-20(28-27-30(33)35-18-36-31(27)40(39-28)21-13-15-34-16-14-21)11-12-24(25)38-32(41)29-26(19-7-3-2-4-8-19)22-9-5-6-10-23(22)37-29;1-39-22-13-15(24-23-25(28)30-14-31-26(23)35(34-24)17-7-9-29-10-8-17)3-5-20(22)33-27(36)21-12-16-11-18(40(2,37)38)4-6-19(16)32-21;3*1-2(3)4/h2-10,15-17,19,23,35,38H,11-14,18H2,1H3,(H,39,42)(H2,34,36,37);2-12,17-18,21,34,37H,13-16H2,1H3,(H,38,41)(H2,33,35,36);3-6,11-14,17,29,32H,7-10H2,1-2H3,(H,33,36)(H2,28,30,31);3*1H3,(H,3,4). The highest BCUT2D eigenvalue weighted by Crippen LogP contribution is 2.43. The zero-order valence-electron chi connectivity index (χ0n) is 76.4. The van der Waals surface area contributed by atoms with Gasteiger partial charge in [-0.3, -0.25) is 14.4 Å². The first-order chi connectivity index (χ1) is 66.6. The predicted octanol–water partition coefficient (Wildman–Crippen LogP) is 7.07. The number of hydrogen-bond donors (Lipinski definition) is 12. The van der Waals surface area contributed by atoms with Crippen LogP contribution in [0.4, 0.5) is 34.5 Å². The van der Waals surface area contributed by atoms with E-state index in [9.17, 15) is 22.8 Å². The van der Waals surface area contributed by atoms with Crippen molar-refractivity contribution in [3.63, 3.8) is 0 Å². The molecular formula is C98H102N24O15S. The SMILES string of the molecule is CC(=O)[O-].CC(=O)[O-].CC(=O)[O-].COc1cc(-c2nn(C3CC[NH2+]CC3)c3ncnc(N)c23)ccc1NC(=O)c1[nH]c2ccccc2c1-c1ccccc1.COc1cc(-c2nn(C3CC[NH2+]CC3)c3ncnc(N)c23)ccc1NC(=O)c1cc2cc(COc3ccccc3)ccc2[nH]1.COc1cc(-c2nn(C3CC[NH2+]CC3)c3ncnc(N)c23)ccc1NC(=O)c1cc2cc(S(C)(=O)=O)ccc2[nH]1. The Balaban J connectivity index is 0.000000148. The minimum atomic E-state index is -3.37. The van der Waals surface area contributed by atoms with Crippen molar-refractivity contribution in [3.05, 3.63) is 230 Å². The molecule has 0 spiro atoms. The number of H-pyrrole nitrogens is 3. The van der Waals surface area contributed by atoms with Crippen molar-refractivity contribution in [1.29, 1.82) is 0 Å². The van der Waals surface area contributed by atoms with Crippen LogP contribution in [0.3, 0.4) is 0 Å². The lowest BCUT2D eigenvalue weighted by atomic mass is 10.0. The van der Waals surface area contributed by atoms with Gasteiger partial charge >= 0.3 is 0 Å². The first-order valence-corrected chi connectivity index (χ1v) is 46.2. The molecule has 0 unspecified atom stereocenters. The van der Waals surface area contributed by atoms with Crippen LogP contribution in [0.5, 0.6) is 23.0 Å². The number of benzene rings is 8. The number of para-hydroxylation sites is 2. The highest BCUT2D eigenvalue weighted by molar-refractivity contribution is 7.90. The van der Waals surface area contributed by atoms with Gasteiger partial charge in [-0.1, -0.05) is 91.0 Å². The first kappa shape index (κ1) is 95.9. The molecule has 3 amide bonds. The normalized spacial score (nSPS) is 13.4. The fourth-order valence-corrected chi connectivity index (χ4v) is 17.6. The summed E-state index contributed by atoms with van der Waals surface area (Å²) in [6.07, 6.45) is 11.6. The maximum Gasteiger partial charge on any atom is 0.272 e. The molecular weight excluding hydrogens is 1790 g/mol. The molecule has 9 aromatic heterocycles. The molecule has 0 bridgehead atoms. The lowest BCUT2D eigenvalue weighted by molar-refractivity contribution is -0.664. The molecule has 39 nitrogen and oxygen atoms in total. The van der Waals surface area contributed by atoms with Gasteiger partial charge in [0.25, 0.3) is 17.7 Å². The number of nitrogens with zero attached hydrogens (tertiary/aromatic N) is 12. The number of aromatic amines is 3. The number of methoxy groups -OCH3 is 3. The van der Waals surface area contributed by atoms with E-state index in [0.29, 0.717) is 114 Å². The Labute approximate surface area is 789 Å². The van der Waals surface area contributed by atoms with Crippen molar-refractivity contribution in [3.8, 4) is 67.9 Å². The van der Waals surface area contributed by atoms with Crippen LogP contribution in [-0.4, -0.2) is 185 Å². The topological polar surface area (TPSA) is 585 Å². The second-order valence-corrected chi connectivity index (χ2v) is 34.8. The number of anilines is 6. The van der Waals surface area contributed by atoms with E-state index < -0.39 is 33.7 Å². The fraction of sp³-hybridized carbons (Fsp3) is 0.235. The average Bonchev–Trinajstić information content (AvgIpc) is 1.61. The third-order valence-corrected chi connectivity index (χ3v) is 24.4. The van der Waals surface area contributed by atoms with Crippen LogP contribution in [0.25, 0.3) is 111 Å². The first-order valence-electron chi connectivity index (χ1n) is 44.3. The summed E-state index contributed by atoms with van der Waals surface area (Å²) in [5.41, 5.74) is 33.5. The average molecular weight is 1890 g/mol. The van der Waals surface area contributed by atoms with E-state index in [1.807, 2.05) is 166 Å². The van der Waals surface area contributed by atoms with Crippen LogP contribution in [0.1, 0.15) is 114 Å². The molecule has 8 aromatic carbocycles. The van der Waals surface area contributed by atoms with Crippen LogP contribution < -0.4 is 83.4 Å². The number of sulfone groups is 1. The number of quaternary nitrogens is 3. The molecule has 20 rings (SSSR count). The zero-order valence-corrected chi connectivity index (χ0v) is 77.2. The lowest BCUT2D eigenvalue weighted by Gasteiger charge is -2.21. The molecule has 40 heteroatoms. The number of hydrogen-bond acceptors (Lipinski definition) is 27. The number of amides is 3. The van der Waals surface area contributed by atoms with Crippen LogP contribution in [-0.2, 0) is 30.8 Å². The van der Waals surface area contributed by atoms with Crippen LogP contribution in [0, 0.1) is 0 Å². The molecule has 710 valence electrons. The molecule has 0 aliphatic carbocycles. The number of carbonyl (C=O) groups is 6. The number of nitrogen functional groups attached to an aromatic ring is 3. The van der Waals surface area contributed by atoms with Crippen LogP contribution in [0.2, 0.25) is 0 Å². The van der Waals surface area contributed by atoms with Gasteiger partial charge in [-0.05, 0) is 129 Å². The van der Waals surface area contributed by atoms with Crippen molar-refractivity contribution in [2.24, 2.45) is 0 Å². The number of carboxylic acids is 3. The Bertz CT molecular complexity index is 7430. The summed E-state index contributed by atoms with van der Waals surface area (Å²) in [5.74, 6) is -0.840. The Morgan fingerprint density at radius 1 is 0.428 bits per heavy atom. The van der Waals surface area contributed by atoms with Gasteiger partial charge < -0.3 is 113 Å². The number of aromatic nitrogens is 15. The summed E-state index contributed by atoms with van der Waals surface area (Å²) in [7, 11) is 1.31. The monoisotopic (exact) mass is 1890 g/mol. The second-order valence-electron chi connectivity index (χ2n) is 32.8. The van der Waals surface area contributed by atoms with E-state index >= 15 is 0 Å². The number of rotatable bonds is 20. The highest BCUT2D eigenvalue weighted by Gasteiger charge is 2.31. The van der Waals surface area contributed by atoms with Gasteiger partial charge in [0.15, 0.2) is 26.8 Å². The Morgan fingerprint density at radius 3 is 1.20 bits per heavy atom. The molecule has 3 saturated heterocycles. The summed E-state index contributed by atoms with van der Waals surface area (Å²) in [6, 6.07) is 58.9. The van der Waals surface area contributed by atoms with Gasteiger partial charge in [-0.15, -0.1) is 0 Å².